The number of rotatable bonds is 2. The van der Waals surface area contributed by atoms with Crippen molar-refractivity contribution in [2.75, 3.05) is 12.0 Å². The SMILES string of the molecule is CSC1CCC(n2c(N)nc3cc(C)cnc32)C1. The molecule has 0 radical (unpaired) electrons. The number of aryl methyl sites for hydroxylation is 1. The van der Waals surface area contributed by atoms with Gasteiger partial charge in [-0.15, -0.1) is 0 Å². The van der Waals surface area contributed by atoms with Gasteiger partial charge in [0.05, 0.1) is 0 Å². The Morgan fingerprint density at radius 3 is 3.00 bits per heavy atom. The molecule has 2 atom stereocenters. The van der Waals surface area contributed by atoms with Crippen LogP contribution in [0, 0.1) is 6.92 Å². The smallest absolute Gasteiger partial charge is 0.202 e. The number of anilines is 1. The summed E-state index contributed by atoms with van der Waals surface area (Å²) >= 11 is 1.95. The monoisotopic (exact) mass is 262 g/mol. The van der Waals surface area contributed by atoms with Gasteiger partial charge in [-0.1, -0.05) is 0 Å². The Hall–Kier alpha value is -1.23. The Morgan fingerprint density at radius 1 is 1.44 bits per heavy atom. The molecule has 2 N–H and O–H groups in total. The summed E-state index contributed by atoms with van der Waals surface area (Å²) < 4.78 is 2.13. The van der Waals surface area contributed by atoms with Crippen LogP contribution in [0.1, 0.15) is 30.9 Å². The van der Waals surface area contributed by atoms with Crippen LogP contribution in [0.25, 0.3) is 11.2 Å². The number of fused-ring (bicyclic) bond motifs is 1. The topological polar surface area (TPSA) is 56.7 Å². The van der Waals surface area contributed by atoms with E-state index in [-0.39, 0.29) is 0 Å². The average molecular weight is 262 g/mol. The summed E-state index contributed by atoms with van der Waals surface area (Å²) in [6.45, 7) is 2.03. The largest absolute Gasteiger partial charge is 0.369 e. The first-order chi connectivity index (χ1) is 8.69. The maximum Gasteiger partial charge on any atom is 0.202 e. The molecule has 0 aromatic carbocycles. The van der Waals surface area contributed by atoms with Gasteiger partial charge in [-0.3, -0.25) is 4.57 Å². The van der Waals surface area contributed by atoms with E-state index in [0.29, 0.717) is 12.0 Å². The molecule has 1 fully saturated rings. The van der Waals surface area contributed by atoms with Gasteiger partial charge in [-0.05, 0) is 44.1 Å². The van der Waals surface area contributed by atoms with Crippen LogP contribution < -0.4 is 5.73 Å². The van der Waals surface area contributed by atoms with E-state index in [0.717, 1.165) is 22.0 Å². The molecular weight excluding hydrogens is 244 g/mol. The van der Waals surface area contributed by atoms with E-state index in [2.05, 4.69) is 26.9 Å². The van der Waals surface area contributed by atoms with E-state index in [1.54, 1.807) is 0 Å². The average Bonchev–Trinajstić information content (AvgIpc) is 2.91. The van der Waals surface area contributed by atoms with Gasteiger partial charge in [0.25, 0.3) is 0 Å². The Balaban J connectivity index is 2.04. The summed E-state index contributed by atoms with van der Waals surface area (Å²) in [6, 6.07) is 2.51. The molecular formula is C13H18N4S. The summed E-state index contributed by atoms with van der Waals surface area (Å²) in [6.07, 6.45) is 7.69. The zero-order valence-electron chi connectivity index (χ0n) is 10.8. The standard InChI is InChI=1S/C13H18N4S/c1-8-5-11-12(15-7-8)17(13(14)16-11)9-3-4-10(6-9)18-2/h5,7,9-10H,3-4,6H2,1-2H3,(H2,14,16). The third-order valence-electron chi connectivity index (χ3n) is 3.75. The molecule has 4 nitrogen and oxygen atoms in total. The van der Waals surface area contributed by atoms with E-state index in [1.807, 2.05) is 24.9 Å². The lowest BCUT2D eigenvalue weighted by Crippen LogP contribution is -2.10. The molecule has 96 valence electrons. The van der Waals surface area contributed by atoms with Crippen molar-refractivity contribution in [2.24, 2.45) is 0 Å². The highest BCUT2D eigenvalue weighted by Gasteiger charge is 2.28. The van der Waals surface area contributed by atoms with E-state index in [4.69, 9.17) is 5.73 Å². The van der Waals surface area contributed by atoms with Crippen LogP contribution in [0.4, 0.5) is 5.95 Å². The van der Waals surface area contributed by atoms with E-state index >= 15 is 0 Å². The maximum atomic E-state index is 6.08. The molecule has 2 aromatic rings. The molecule has 0 aliphatic heterocycles. The molecule has 18 heavy (non-hydrogen) atoms. The second kappa shape index (κ2) is 4.46. The minimum atomic E-state index is 0.461. The van der Waals surface area contributed by atoms with Crippen molar-refractivity contribution in [3.05, 3.63) is 17.8 Å². The predicted octanol–water partition coefficient (Wildman–Crippen LogP) is 2.78. The molecule has 2 aromatic heterocycles. The maximum absolute atomic E-state index is 6.08. The minimum absolute atomic E-state index is 0.461. The molecule has 0 bridgehead atoms. The van der Waals surface area contributed by atoms with Crippen molar-refractivity contribution in [1.82, 2.24) is 14.5 Å². The molecule has 1 aliphatic rings. The number of hydrogen-bond donors (Lipinski definition) is 1. The second-order valence-electron chi connectivity index (χ2n) is 5.02. The first-order valence-corrected chi connectivity index (χ1v) is 7.60. The summed E-state index contributed by atoms with van der Waals surface area (Å²) in [7, 11) is 0. The van der Waals surface area contributed by atoms with Gasteiger partial charge < -0.3 is 5.73 Å². The normalized spacial score (nSPS) is 23.9. The molecule has 1 saturated carbocycles. The van der Waals surface area contributed by atoms with Gasteiger partial charge in [0.15, 0.2) is 5.65 Å². The molecule has 0 spiro atoms. The zero-order chi connectivity index (χ0) is 12.7. The molecule has 0 amide bonds. The first kappa shape index (κ1) is 11.8. The third-order valence-corrected chi connectivity index (χ3v) is 4.84. The fourth-order valence-corrected chi connectivity index (χ4v) is 3.61. The van der Waals surface area contributed by atoms with Crippen molar-refractivity contribution < 1.29 is 0 Å². The number of nitrogens with zero attached hydrogens (tertiary/aromatic N) is 3. The first-order valence-electron chi connectivity index (χ1n) is 6.32. The van der Waals surface area contributed by atoms with Crippen LogP contribution >= 0.6 is 11.8 Å². The molecule has 2 unspecified atom stereocenters. The van der Waals surface area contributed by atoms with E-state index in [1.165, 1.54) is 19.3 Å². The summed E-state index contributed by atoms with van der Waals surface area (Å²) in [5.41, 5.74) is 9.05. The van der Waals surface area contributed by atoms with Gasteiger partial charge in [0.2, 0.25) is 5.95 Å². The van der Waals surface area contributed by atoms with Crippen molar-refractivity contribution in [3.8, 4) is 0 Å². The van der Waals surface area contributed by atoms with Crippen molar-refractivity contribution in [3.63, 3.8) is 0 Å². The van der Waals surface area contributed by atoms with Crippen LogP contribution in [0.3, 0.4) is 0 Å². The Morgan fingerprint density at radius 2 is 2.28 bits per heavy atom. The highest BCUT2D eigenvalue weighted by atomic mass is 32.2. The number of nitrogens with two attached hydrogens (primary N) is 1. The number of aromatic nitrogens is 3. The summed E-state index contributed by atoms with van der Waals surface area (Å²) in [5, 5.41) is 0.747. The molecule has 5 heteroatoms. The summed E-state index contributed by atoms with van der Waals surface area (Å²) in [4.78, 5) is 8.95. The number of pyridine rings is 1. The minimum Gasteiger partial charge on any atom is -0.369 e. The lowest BCUT2D eigenvalue weighted by Gasteiger charge is -2.14. The lowest BCUT2D eigenvalue weighted by molar-refractivity contribution is 0.537. The van der Waals surface area contributed by atoms with Crippen molar-refractivity contribution in [2.45, 2.75) is 37.5 Å². The number of hydrogen-bond acceptors (Lipinski definition) is 4. The van der Waals surface area contributed by atoms with Crippen molar-refractivity contribution >= 4 is 28.9 Å². The molecule has 1 aliphatic carbocycles. The van der Waals surface area contributed by atoms with Crippen LogP contribution in [-0.2, 0) is 0 Å². The molecule has 3 rings (SSSR count). The highest BCUT2D eigenvalue weighted by molar-refractivity contribution is 7.99. The third kappa shape index (κ3) is 1.86. The Kier molecular flexibility index (Phi) is 2.93. The van der Waals surface area contributed by atoms with Crippen LogP contribution in [-0.4, -0.2) is 26.0 Å². The number of nitrogen functional groups attached to an aromatic ring is 1. The molecule has 2 heterocycles. The van der Waals surface area contributed by atoms with E-state index < -0.39 is 0 Å². The van der Waals surface area contributed by atoms with Gasteiger partial charge >= 0.3 is 0 Å². The van der Waals surface area contributed by atoms with Crippen LogP contribution in [0.15, 0.2) is 12.3 Å². The highest BCUT2D eigenvalue weighted by Crippen LogP contribution is 2.38. The zero-order valence-corrected chi connectivity index (χ0v) is 11.6. The quantitative estimate of drug-likeness (QED) is 0.904. The lowest BCUT2D eigenvalue weighted by atomic mass is 10.2. The number of thioether (sulfide) groups is 1. The van der Waals surface area contributed by atoms with Gasteiger partial charge in [0, 0.05) is 17.5 Å². The van der Waals surface area contributed by atoms with Gasteiger partial charge in [0.1, 0.15) is 5.52 Å². The Labute approximate surface area is 111 Å². The van der Waals surface area contributed by atoms with Gasteiger partial charge in [-0.25, -0.2) is 9.97 Å². The number of imidazole rings is 1. The second-order valence-corrected chi connectivity index (χ2v) is 6.16. The molecule has 0 saturated heterocycles. The van der Waals surface area contributed by atoms with Crippen LogP contribution in [0.2, 0.25) is 0 Å². The fourth-order valence-electron chi connectivity index (χ4n) is 2.83. The van der Waals surface area contributed by atoms with E-state index in [9.17, 15) is 0 Å². The predicted molar refractivity (Wildman–Crippen MR) is 76.9 cm³/mol. The van der Waals surface area contributed by atoms with Crippen LogP contribution in [0.5, 0.6) is 0 Å². The fraction of sp³-hybridized carbons (Fsp3) is 0.538. The van der Waals surface area contributed by atoms with Gasteiger partial charge in [-0.2, -0.15) is 11.8 Å². The Bertz CT molecular complexity index is 578. The van der Waals surface area contributed by atoms with Crippen molar-refractivity contribution in [1.29, 1.82) is 0 Å². The summed E-state index contributed by atoms with van der Waals surface area (Å²) in [5.74, 6) is 0.606.